The topological polar surface area (TPSA) is 65.4 Å². The Labute approximate surface area is 106 Å². The molecule has 2 rings (SSSR count). The van der Waals surface area contributed by atoms with E-state index in [-0.39, 0.29) is 11.5 Å². The molecule has 0 spiro atoms. The number of hydrogen-bond donors (Lipinski definition) is 3. The SMILES string of the molecule is Oc1cccc(CNCCc2ccncc2)c1O. The zero-order valence-electron chi connectivity index (χ0n) is 10.0. The minimum absolute atomic E-state index is 0.0473. The minimum Gasteiger partial charge on any atom is -0.504 e. The van der Waals surface area contributed by atoms with Crippen molar-refractivity contribution in [2.24, 2.45) is 0 Å². The quantitative estimate of drug-likeness (QED) is 0.554. The van der Waals surface area contributed by atoms with Crippen molar-refractivity contribution in [3.63, 3.8) is 0 Å². The van der Waals surface area contributed by atoms with Crippen molar-refractivity contribution >= 4 is 0 Å². The van der Waals surface area contributed by atoms with Crippen molar-refractivity contribution in [1.29, 1.82) is 0 Å². The average Bonchev–Trinajstić information content (AvgIpc) is 2.40. The zero-order chi connectivity index (χ0) is 12.8. The van der Waals surface area contributed by atoms with E-state index >= 15 is 0 Å². The van der Waals surface area contributed by atoms with E-state index in [1.807, 2.05) is 12.1 Å². The van der Waals surface area contributed by atoms with Crippen LogP contribution in [-0.2, 0) is 13.0 Å². The number of aromatic hydroxyl groups is 2. The second kappa shape index (κ2) is 6.02. The predicted octanol–water partition coefficient (Wildman–Crippen LogP) is 1.83. The fraction of sp³-hybridized carbons (Fsp3) is 0.214. The first kappa shape index (κ1) is 12.4. The van der Waals surface area contributed by atoms with Gasteiger partial charge in [0.05, 0.1) is 0 Å². The maximum absolute atomic E-state index is 9.62. The fourth-order valence-electron chi connectivity index (χ4n) is 1.73. The lowest BCUT2D eigenvalue weighted by Gasteiger charge is -2.07. The zero-order valence-corrected chi connectivity index (χ0v) is 10.0. The van der Waals surface area contributed by atoms with Gasteiger partial charge in [-0.3, -0.25) is 4.98 Å². The molecule has 1 aromatic heterocycles. The van der Waals surface area contributed by atoms with Crippen LogP contribution in [0.3, 0.4) is 0 Å². The van der Waals surface area contributed by atoms with E-state index in [2.05, 4.69) is 10.3 Å². The third-order valence-electron chi connectivity index (χ3n) is 2.75. The van der Waals surface area contributed by atoms with Gasteiger partial charge in [0, 0.05) is 24.5 Å². The molecule has 3 N–H and O–H groups in total. The van der Waals surface area contributed by atoms with Crippen LogP contribution in [0.1, 0.15) is 11.1 Å². The second-order valence-electron chi connectivity index (χ2n) is 4.07. The average molecular weight is 244 g/mol. The van der Waals surface area contributed by atoms with Gasteiger partial charge in [0.25, 0.3) is 0 Å². The van der Waals surface area contributed by atoms with Crippen LogP contribution in [0.15, 0.2) is 42.7 Å². The molecule has 0 aliphatic heterocycles. The molecular formula is C14H16N2O2. The van der Waals surface area contributed by atoms with E-state index in [1.54, 1.807) is 24.5 Å². The molecule has 4 heteroatoms. The van der Waals surface area contributed by atoms with Gasteiger partial charge in [0.1, 0.15) is 0 Å². The van der Waals surface area contributed by atoms with Crippen molar-refractivity contribution in [3.8, 4) is 11.5 Å². The van der Waals surface area contributed by atoms with Crippen molar-refractivity contribution in [2.75, 3.05) is 6.54 Å². The highest BCUT2D eigenvalue weighted by molar-refractivity contribution is 5.44. The van der Waals surface area contributed by atoms with Crippen LogP contribution in [0, 0.1) is 0 Å². The van der Waals surface area contributed by atoms with E-state index in [1.165, 1.54) is 11.6 Å². The molecule has 2 aromatic rings. The van der Waals surface area contributed by atoms with Gasteiger partial charge in [-0.2, -0.15) is 0 Å². The number of nitrogens with one attached hydrogen (secondary N) is 1. The van der Waals surface area contributed by atoms with E-state index in [9.17, 15) is 10.2 Å². The maximum atomic E-state index is 9.62. The third kappa shape index (κ3) is 3.21. The Morgan fingerprint density at radius 3 is 2.61 bits per heavy atom. The van der Waals surface area contributed by atoms with Gasteiger partial charge < -0.3 is 15.5 Å². The molecule has 0 radical (unpaired) electrons. The van der Waals surface area contributed by atoms with Crippen LogP contribution in [0.5, 0.6) is 11.5 Å². The van der Waals surface area contributed by atoms with Gasteiger partial charge >= 0.3 is 0 Å². The maximum Gasteiger partial charge on any atom is 0.161 e. The number of pyridine rings is 1. The summed E-state index contributed by atoms with van der Waals surface area (Å²) in [5.74, 6) is -0.127. The fourth-order valence-corrected chi connectivity index (χ4v) is 1.73. The summed E-state index contributed by atoms with van der Waals surface area (Å²) in [6.07, 6.45) is 4.45. The molecule has 1 heterocycles. The summed E-state index contributed by atoms with van der Waals surface area (Å²) in [7, 11) is 0. The number of para-hydroxylation sites is 1. The first-order chi connectivity index (χ1) is 8.77. The van der Waals surface area contributed by atoms with E-state index in [0.717, 1.165) is 13.0 Å². The summed E-state index contributed by atoms with van der Waals surface area (Å²) in [6.45, 7) is 1.34. The molecule has 4 nitrogen and oxygen atoms in total. The van der Waals surface area contributed by atoms with Crippen molar-refractivity contribution < 1.29 is 10.2 Å². The van der Waals surface area contributed by atoms with Gasteiger partial charge in [0.2, 0.25) is 0 Å². The molecule has 0 atom stereocenters. The third-order valence-corrected chi connectivity index (χ3v) is 2.75. The molecule has 0 aliphatic rings. The number of phenols is 2. The van der Waals surface area contributed by atoms with Gasteiger partial charge in [0.15, 0.2) is 11.5 Å². The number of aromatic nitrogens is 1. The molecule has 0 saturated carbocycles. The van der Waals surface area contributed by atoms with Gasteiger partial charge in [-0.15, -0.1) is 0 Å². The molecule has 1 aromatic carbocycles. The van der Waals surface area contributed by atoms with Crippen LogP contribution >= 0.6 is 0 Å². The Balaban J connectivity index is 1.81. The Bertz CT molecular complexity index is 500. The molecule has 18 heavy (non-hydrogen) atoms. The van der Waals surface area contributed by atoms with E-state index in [4.69, 9.17) is 0 Å². The molecule has 94 valence electrons. The number of benzene rings is 1. The number of hydrogen-bond acceptors (Lipinski definition) is 4. The number of phenolic OH excluding ortho intramolecular Hbond substituents is 2. The highest BCUT2D eigenvalue weighted by Gasteiger charge is 2.04. The number of nitrogens with zero attached hydrogens (tertiary/aromatic N) is 1. The molecule has 0 bridgehead atoms. The first-order valence-corrected chi connectivity index (χ1v) is 5.87. The molecule has 0 unspecified atom stereocenters. The van der Waals surface area contributed by atoms with Crippen LogP contribution in [0.25, 0.3) is 0 Å². The summed E-state index contributed by atoms with van der Waals surface area (Å²) in [5, 5.41) is 22.2. The first-order valence-electron chi connectivity index (χ1n) is 5.87. The predicted molar refractivity (Wildman–Crippen MR) is 69.4 cm³/mol. The standard InChI is InChI=1S/C14H16N2O2/c17-13-3-1-2-12(14(13)18)10-16-9-6-11-4-7-15-8-5-11/h1-5,7-8,16-18H,6,9-10H2. The lowest BCUT2D eigenvalue weighted by molar-refractivity contribution is 0.398. The molecule has 0 amide bonds. The molecule has 0 fully saturated rings. The van der Waals surface area contributed by atoms with E-state index in [0.29, 0.717) is 12.1 Å². The van der Waals surface area contributed by atoms with E-state index < -0.39 is 0 Å². The Hall–Kier alpha value is -2.07. The highest BCUT2D eigenvalue weighted by atomic mass is 16.3. The van der Waals surface area contributed by atoms with Crippen molar-refractivity contribution in [3.05, 3.63) is 53.9 Å². The summed E-state index contributed by atoms with van der Waals surface area (Å²) >= 11 is 0. The summed E-state index contributed by atoms with van der Waals surface area (Å²) < 4.78 is 0. The van der Waals surface area contributed by atoms with Crippen molar-refractivity contribution in [1.82, 2.24) is 10.3 Å². The van der Waals surface area contributed by atoms with Crippen LogP contribution in [0.2, 0.25) is 0 Å². The van der Waals surface area contributed by atoms with Crippen LogP contribution in [0.4, 0.5) is 0 Å². The van der Waals surface area contributed by atoms with Crippen molar-refractivity contribution in [2.45, 2.75) is 13.0 Å². The monoisotopic (exact) mass is 244 g/mol. The Morgan fingerprint density at radius 2 is 1.83 bits per heavy atom. The van der Waals surface area contributed by atoms with Gasteiger partial charge in [-0.1, -0.05) is 12.1 Å². The highest BCUT2D eigenvalue weighted by Crippen LogP contribution is 2.27. The van der Waals surface area contributed by atoms with Gasteiger partial charge in [-0.25, -0.2) is 0 Å². The largest absolute Gasteiger partial charge is 0.504 e. The summed E-state index contributed by atoms with van der Waals surface area (Å²) in [5.41, 5.74) is 1.92. The smallest absolute Gasteiger partial charge is 0.161 e. The second-order valence-corrected chi connectivity index (χ2v) is 4.07. The molecular weight excluding hydrogens is 228 g/mol. The minimum atomic E-state index is -0.0802. The lowest BCUT2D eigenvalue weighted by Crippen LogP contribution is -2.16. The van der Waals surface area contributed by atoms with Crippen LogP contribution < -0.4 is 5.32 Å². The number of rotatable bonds is 5. The lowest BCUT2D eigenvalue weighted by atomic mass is 10.1. The Morgan fingerprint density at radius 1 is 1.06 bits per heavy atom. The summed E-state index contributed by atoms with van der Waals surface area (Å²) in [4.78, 5) is 3.96. The Kier molecular flexibility index (Phi) is 4.15. The summed E-state index contributed by atoms with van der Waals surface area (Å²) in [6, 6.07) is 8.93. The molecule has 0 aliphatic carbocycles. The molecule has 0 saturated heterocycles. The normalized spacial score (nSPS) is 10.4. The van der Waals surface area contributed by atoms with Gasteiger partial charge in [-0.05, 0) is 36.7 Å². The van der Waals surface area contributed by atoms with Crippen LogP contribution in [-0.4, -0.2) is 21.7 Å².